The molecule has 2 aromatic rings. The van der Waals surface area contributed by atoms with E-state index in [-0.39, 0.29) is 24.1 Å². The summed E-state index contributed by atoms with van der Waals surface area (Å²) in [4.78, 5) is 37.9. The Kier molecular flexibility index (Phi) is 5.70. The number of hydrogen-bond donors (Lipinski definition) is 1. The predicted octanol–water partition coefficient (Wildman–Crippen LogP) is 2.67. The van der Waals surface area contributed by atoms with Gasteiger partial charge >= 0.3 is 0 Å². The molecule has 6 nitrogen and oxygen atoms in total. The van der Waals surface area contributed by atoms with Gasteiger partial charge in [-0.1, -0.05) is 6.07 Å². The van der Waals surface area contributed by atoms with Crippen LogP contribution in [0.2, 0.25) is 0 Å². The largest absolute Gasteiger partial charge is 0.497 e. The van der Waals surface area contributed by atoms with Crippen LogP contribution in [0.4, 0.5) is 5.69 Å². The van der Waals surface area contributed by atoms with Crippen LogP contribution in [0.3, 0.4) is 0 Å². The van der Waals surface area contributed by atoms with Crippen molar-refractivity contribution in [1.82, 2.24) is 4.90 Å². The number of thiophene rings is 1. The van der Waals surface area contributed by atoms with Crippen molar-refractivity contribution in [2.45, 2.75) is 6.92 Å². The summed E-state index contributed by atoms with van der Waals surface area (Å²) in [6, 6.07) is 10.2. The van der Waals surface area contributed by atoms with E-state index in [1.807, 2.05) is 0 Å². The SMILES string of the molecule is COc1cccc(NC(=O)CN(C)C(=O)c2ccc(C(C)=O)s2)c1. The highest BCUT2D eigenvalue weighted by molar-refractivity contribution is 7.15. The lowest BCUT2D eigenvalue weighted by atomic mass is 10.3. The second-order valence-electron chi connectivity index (χ2n) is 5.16. The zero-order valence-corrected chi connectivity index (χ0v) is 14.5. The summed E-state index contributed by atoms with van der Waals surface area (Å²) in [6.45, 7) is 1.36. The van der Waals surface area contributed by atoms with Gasteiger partial charge in [-0.3, -0.25) is 14.4 Å². The van der Waals surface area contributed by atoms with Crippen LogP contribution in [0.5, 0.6) is 5.75 Å². The quantitative estimate of drug-likeness (QED) is 0.816. The van der Waals surface area contributed by atoms with E-state index in [2.05, 4.69) is 5.32 Å². The third-order valence-corrected chi connectivity index (χ3v) is 4.42. The molecule has 2 amide bonds. The minimum atomic E-state index is -0.317. The molecule has 0 bridgehead atoms. The summed E-state index contributed by atoms with van der Waals surface area (Å²) >= 11 is 1.12. The molecular weight excluding hydrogens is 328 g/mol. The second-order valence-corrected chi connectivity index (χ2v) is 6.25. The van der Waals surface area contributed by atoms with Gasteiger partial charge in [0, 0.05) is 18.8 Å². The number of benzene rings is 1. The van der Waals surface area contributed by atoms with Crippen LogP contribution in [-0.2, 0) is 4.79 Å². The van der Waals surface area contributed by atoms with E-state index < -0.39 is 0 Å². The number of carbonyl (C=O) groups excluding carboxylic acids is 3. The smallest absolute Gasteiger partial charge is 0.264 e. The highest BCUT2D eigenvalue weighted by Crippen LogP contribution is 2.19. The predicted molar refractivity (Wildman–Crippen MR) is 92.9 cm³/mol. The number of nitrogens with zero attached hydrogens (tertiary/aromatic N) is 1. The number of ether oxygens (including phenoxy) is 1. The Balaban J connectivity index is 1.97. The van der Waals surface area contributed by atoms with Crippen LogP contribution in [0, 0.1) is 0 Å². The molecule has 0 fully saturated rings. The van der Waals surface area contributed by atoms with E-state index in [4.69, 9.17) is 4.74 Å². The Hall–Kier alpha value is -2.67. The Morgan fingerprint density at radius 1 is 1.17 bits per heavy atom. The highest BCUT2D eigenvalue weighted by atomic mass is 32.1. The van der Waals surface area contributed by atoms with E-state index >= 15 is 0 Å². The Bertz CT molecular complexity index is 769. The van der Waals surface area contributed by atoms with Crippen LogP contribution in [0.15, 0.2) is 36.4 Å². The number of hydrogen-bond acceptors (Lipinski definition) is 5. The molecule has 1 N–H and O–H groups in total. The molecule has 0 aliphatic heterocycles. The van der Waals surface area contributed by atoms with Gasteiger partial charge in [-0.15, -0.1) is 11.3 Å². The second kappa shape index (κ2) is 7.74. The first-order valence-electron chi connectivity index (χ1n) is 7.21. The summed E-state index contributed by atoms with van der Waals surface area (Å²) in [5.74, 6) is -0.0687. The molecule has 0 aliphatic rings. The normalized spacial score (nSPS) is 10.1. The summed E-state index contributed by atoms with van der Waals surface area (Å²) in [5, 5.41) is 2.71. The number of rotatable bonds is 6. The van der Waals surface area contributed by atoms with Gasteiger partial charge in [0.2, 0.25) is 5.91 Å². The molecule has 24 heavy (non-hydrogen) atoms. The zero-order valence-electron chi connectivity index (χ0n) is 13.7. The van der Waals surface area contributed by atoms with Crippen molar-refractivity contribution < 1.29 is 19.1 Å². The third-order valence-electron chi connectivity index (χ3n) is 3.24. The molecule has 0 radical (unpaired) electrons. The maximum Gasteiger partial charge on any atom is 0.264 e. The molecule has 1 heterocycles. The Morgan fingerprint density at radius 2 is 1.88 bits per heavy atom. The topological polar surface area (TPSA) is 75.7 Å². The number of methoxy groups -OCH3 is 1. The number of Topliss-reactive ketones (excluding diaryl/α,β-unsaturated/α-hetero) is 1. The number of amides is 2. The number of ketones is 1. The van der Waals surface area contributed by atoms with Crippen LogP contribution in [-0.4, -0.2) is 43.2 Å². The first-order valence-corrected chi connectivity index (χ1v) is 8.02. The van der Waals surface area contributed by atoms with E-state index in [9.17, 15) is 14.4 Å². The summed E-state index contributed by atoms with van der Waals surface area (Å²) in [7, 11) is 3.09. The fourth-order valence-corrected chi connectivity index (χ4v) is 2.91. The molecule has 7 heteroatoms. The number of likely N-dealkylation sites (N-methyl/N-ethyl adjacent to an activating group) is 1. The van der Waals surface area contributed by atoms with Crippen LogP contribution >= 0.6 is 11.3 Å². The average molecular weight is 346 g/mol. The molecule has 0 unspecified atom stereocenters. The fourth-order valence-electron chi connectivity index (χ4n) is 2.02. The van der Waals surface area contributed by atoms with Gasteiger partial charge in [0.1, 0.15) is 5.75 Å². The van der Waals surface area contributed by atoms with Crippen molar-refractivity contribution >= 4 is 34.6 Å². The first-order chi connectivity index (χ1) is 11.4. The van der Waals surface area contributed by atoms with Crippen molar-refractivity contribution in [3.8, 4) is 5.75 Å². The number of anilines is 1. The first kappa shape index (κ1) is 17.7. The number of nitrogens with one attached hydrogen (secondary N) is 1. The van der Waals surface area contributed by atoms with Gasteiger partial charge in [0.05, 0.1) is 23.4 Å². The molecule has 0 atom stereocenters. The minimum absolute atomic E-state index is 0.0857. The lowest BCUT2D eigenvalue weighted by Crippen LogP contribution is -2.34. The maximum absolute atomic E-state index is 12.3. The van der Waals surface area contributed by atoms with Crippen molar-refractivity contribution in [3.63, 3.8) is 0 Å². The molecule has 0 saturated carbocycles. The highest BCUT2D eigenvalue weighted by Gasteiger charge is 2.18. The fraction of sp³-hybridized carbons (Fsp3) is 0.235. The summed E-state index contributed by atoms with van der Waals surface area (Å²) in [6.07, 6.45) is 0. The molecule has 0 aliphatic carbocycles. The van der Waals surface area contributed by atoms with Gasteiger partial charge in [0.15, 0.2) is 5.78 Å². The van der Waals surface area contributed by atoms with Crippen LogP contribution in [0.25, 0.3) is 0 Å². The molecule has 0 saturated heterocycles. The summed E-state index contributed by atoms with van der Waals surface area (Å²) in [5.41, 5.74) is 0.593. The number of carbonyl (C=O) groups is 3. The van der Waals surface area contributed by atoms with Gasteiger partial charge in [0.25, 0.3) is 5.91 Å². The van der Waals surface area contributed by atoms with E-state index in [1.54, 1.807) is 50.6 Å². The average Bonchev–Trinajstić information content (AvgIpc) is 3.04. The zero-order chi connectivity index (χ0) is 17.7. The van der Waals surface area contributed by atoms with Crippen LogP contribution in [0.1, 0.15) is 26.3 Å². The molecule has 2 rings (SSSR count). The van der Waals surface area contributed by atoms with Gasteiger partial charge in [-0.2, -0.15) is 0 Å². The molecular formula is C17H18N2O4S. The lowest BCUT2D eigenvalue weighted by Gasteiger charge is -2.16. The van der Waals surface area contributed by atoms with Gasteiger partial charge < -0.3 is 15.0 Å². The van der Waals surface area contributed by atoms with Crippen molar-refractivity contribution in [2.24, 2.45) is 0 Å². The molecule has 0 spiro atoms. The van der Waals surface area contributed by atoms with E-state index in [0.29, 0.717) is 21.2 Å². The standard InChI is InChI=1S/C17H18N2O4S/c1-11(20)14-7-8-15(24-14)17(22)19(2)10-16(21)18-12-5-4-6-13(9-12)23-3/h4-9H,10H2,1-3H3,(H,18,21). The summed E-state index contributed by atoms with van der Waals surface area (Å²) < 4.78 is 5.09. The van der Waals surface area contributed by atoms with Gasteiger partial charge in [-0.25, -0.2) is 0 Å². The van der Waals surface area contributed by atoms with E-state index in [0.717, 1.165) is 11.3 Å². The Morgan fingerprint density at radius 3 is 2.50 bits per heavy atom. The minimum Gasteiger partial charge on any atom is -0.497 e. The molecule has 126 valence electrons. The van der Waals surface area contributed by atoms with Crippen molar-refractivity contribution in [1.29, 1.82) is 0 Å². The van der Waals surface area contributed by atoms with Crippen LogP contribution < -0.4 is 10.1 Å². The molecule has 1 aromatic carbocycles. The van der Waals surface area contributed by atoms with Crippen molar-refractivity contribution in [2.75, 3.05) is 26.0 Å². The van der Waals surface area contributed by atoms with Gasteiger partial charge in [-0.05, 0) is 31.2 Å². The third kappa shape index (κ3) is 4.42. The lowest BCUT2D eigenvalue weighted by molar-refractivity contribution is -0.116. The monoisotopic (exact) mass is 346 g/mol. The molecule has 1 aromatic heterocycles. The Labute approximate surface area is 144 Å². The van der Waals surface area contributed by atoms with E-state index in [1.165, 1.54) is 11.8 Å². The maximum atomic E-state index is 12.3. The van der Waals surface area contributed by atoms with Crippen molar-refractivity contribution in [3.05, 3.63) is 46.2 Å².